The standard InChI is InChI=1S/C19H17NO/c1-14(21)20-19(16-9-3-2-4-10-16)18-13-7-11-15-8-5-6-12-17(15)18/h2-13,19H,1H3,(H,20,21). The van der Waals surface area contributed by atoms with Gasteiger partial charge in [0.1, 0.15) is 0 Å². The van der Waals surface area contributed by atoms with E-state index in [4.69, 9.17) is 0 Å². The zero-order valence-corrected chi connectivity index (χ0v) is 11.9. The number of amides is 1. The van der Waals surface area contributed by atoms with Gasteiger partial charge in [-0.3, -0.25) is 4.79 Å². The van der Waals surface area contributed by atoms with Crippen molar-refractivity contribution in [3.05, 3.63) is 83.9 Å². The van der Waals surface area contributed by atoms with E-state index in [1.165, 1.54) is 10.8 Å². The van der Waals surface area contributed by atoms with Crippen molar-refractivity contribution in [2.75, 3.05) is 0 Å². The van der Waals surface area contributed by atoms with Crippen LogP contribution in [0.25, 0.3) is 10.8 Å². The van der Waals surface area contributed by atoms with E-state index in [0.717, 1.165) is 11.1 Å². The molecule has 21 heavy (non-hydrogen) atoms. The zero-order chi connectivity index (χ0) is 14.7. The SMILES string of the molecule is CC(=O)NC(c1ccccc1)c1cccc2ccccc12. The molecule has 0 spiro atoms. The van der Waals surface area contributed by atoms with Crippen LogP contribution in [0.15, 0.2) is 72.8 Å². The smallest absolute Gasteiger partial charge is 0.217 e. The van der Waals surface area contributed by atoms with Gasteiger partial charge in [-0.25, -0.2) is 0 Å². The molecule has 0 radical (unpaired) electrons. The Labute approximate surface area is 124 Å². The maximum atomic E-state index is 11.6. The summed E-state index contributed by atoms with van der Waals surface area (Å²) in [5.41, 5.74) is 2.21. The molecular weight excluding hydrogens is 258 g/mol. The zero-order valence-electron chi connectivity index (χ0n) is 11.9. The van der Waals surface area contributed by atoms with Gasteiger partial charge in [0.2, 0.25) is 5.91 Å². The molecule has 1 atom stereocenters. The highest BCUT2D eigenvalue weighted by Gasteiger charge is 2.17. The molecule has 3 rings (SSSR count). The summed E-state index contributed by atoms with van der Waals surface area (Å²) in [7, 11) is 0. The van der Waals surface area contributed by atoms with Gasteiger partial charge >= 0.3 is 0 Å². The van der Waals surface area contributed by atoms with Gasteiger partial charge in [0.15, 0.2) is 0 Å². The lowest BCUT2D eigenvalue weighted by atomic mass is 9.93. The maximum absolute atomic E-state index is 11.6. The summed E-state index contributed by atoms with van der Waals surface area (Å²) >= 11 is 0. The summed E-state index contributed by atoms with van der Waals surface area (Å²) in [4.78, 5) is 11.6. The first-order valence-electron chi connectivity index (χ1n) is 7.05. The fourth-order valence-electron chi connectivity index (χ4n) is 2.69. The number of hydrogen-bond acceptors (Lipinski definition) is 1. The molecule has 0 aromatic heterocycles. The molecule has 0 aliphatic rings. The number of carbonyl (C=O) groups excluding carboxylic acids is 1. The second kappa shape index (κ2) is 5.80. The fourth-order valence-corrected chi connectivity index (χ4v) is 2.69. The highest BCUT2D eigenvalue weighted by atomic mass is 16.1. The highest BCUT2D eigenvalue weighted by molar-refractivity contribution is 5.87. The lowest BCUT2D eigenvalue weighted by Crippen LogP contribution is -2.27. The topological polar surface area (TPSA) is 29.1 Å². The molecule has 3 aromatic rings. The third-order valence-corrected chi connectivity index (χ3v) is 3.61. The van der Waals surface area contributed by atoms with E-state index in [0.29, 0.717) is 0 Å². The second-order valence-electron chi connectivity index (χ2n) is 5.11. The van der Waals surface area contributed by atoms with E-state index in [-0.39, 0.29) is 11.9 Å². The molecule has 3 aromatic carbocycles. The van der Waals surface area contributed by atoms with Crippen LogP contribution in [-0.2, 0) is 4.79 Å². The van der Waals surface area contributed by atoms with Crippen molar-refractivity contribution in [2.24, 2.45) is 0 Å². The molecule has 2 heteroatoms. The summed E-state index contributed by atoms with van der Waals surface area (Å²) < 4.78 is 0. The predicted octanol–water partition coefficient (Wildman–Crippen LogP) is 4.07. The van der Waals surface area contributed by atoms with Crippen LogP contribution in [0.3, 0.4) is 0 Å². The number of benzene rings is 3. The number of nitrogens with one attached hydrogen (secondary N) is 1. The van der Waals surface area contributed by atoms with E-state index >= 15 is 0 Å². The van der Waals surface area contributed by atoms with Crippen LogP contribution >= 0.6 is 0 Å². The van der Waals surface area contributed by atoms with Crippen LogP contribution < -0.4 is 5.32 Å². The molecule has 0 fully saturated rings. The van der Waals surface area contributed by atoms with Crippen LogP contribution in [0.5, 0.6) is 0 Å². The van der Waals surface area contributed by atoms with Crippen molar-refractivity contribution < 1.29 is 4.79 Å². The van der Waals surface area contributed by atoms with E-state index in [1.807, 2.05) is 48.5 Å². The van der Waals surface area contributed by atoms with Gasteiger partial charge < -0.3 is 5.32 Å². The van der Waals surface area contributed by atoms with E-state index in [9.17, 15) is 4.79 Å². The molecular formula is C19H17NO. The van der Waals surface area contributed by atoms with Crippen molar-refractivity contribution in [2.45, 2.75) is 13.0 Å². The molecule has 1 amide bonds. The third kappa shape index (κ3) is 2.79. The third-order valence-electron chi connectivity index (χ3n) is 3.61. The minimum Gasteiger partial charge on any atom is -0.345 e. The van der Waals surface area contributed by atoms with Gasteiger partial charge in [-0.15, -0.1) is 0 Å². The molecule has 104 valence electrons. The Kier molecular flexibility index (Phi) is 3.69. The summed E-state index contributed by atoms with van der Waals surface area (Å²) in [5.74, 6) is -0.0308. The van der Waals surface area contributed by atoms with Crippen LogP contribution in [0.1, 0.15) is 24.1 Å². The average molecular weight is 275 g/mol. The highest BCUT2D eigenvalue weighted by Crippen LogP contribution is 2.28. The molecule has 0 aliphatic carbocycles. The Morgan fingerprint density at radius 3 is 2.29 bits per heavy atom. The average Bonchev–Trinajstić information content (AvgIpc) is 2.53. The number of rotatable bonds is 3. The molecule has 0 aliphatic heterocycles. The quantitative estimate of drug-likeness (QED) is 0.767. The van der Waals surface area contributed by atoms with Crippen molar-refractivity contribution in [3.8, 4) is 0 Å². The van der Waals surface area contributed by atoms with E-state index in [2.05, 4.69) is 29.6 Å². The first kappa shape index (κ1) is 13.4. The molecule has 0 bridgehead atoms. The monoisotopic (exact) mass is 275 g/mol. The van der Waals surface area contributed by atoms with Crippen molar-refractivity contribution in [1.82, 2.24) is 5.32 Å². The van der Waals surface area contributed by atoms with E-state index in [1.54, 1.807) is 6.92 Å². The number of fused-ring (bicyclic) bond motifs is 1. The minimum absolute atomic E-state index is 0.0308. The van der Waals surface area contributed by atoms with Crippen LogP contribution in [0.4, 0.5) is 0 Å². The fraction of sp³-hybridized carbons (Fsp3) is 0.105. The van der Waals surface area contributed by atoms with Gasteiger partial charge in [-0.1, -0.05) is 72.8 Å². The van der Waals surface area contributed by atoms with Crippen molar-refractivity contribution in [3.63, 3.8) is 0 Å². The van der Waals surface area contributed by atoms with Crippen LogP contribution in [0.2, 0.25) is 0 Å². The molecule has 1 unspecified atom stereocenters. The molecule has 0 saturated heterocycles. The Morgan fingerprint density at radius 1 is 0.857 bits per heavy atom. The van der Waals surface area contributed by atoms with Crippen molar-refractivity contribution in [1.29, 1.82) is 0 Å². The normalized spacial score (nSPS) is 12.0. The minimum atomic E-state index is -0.130. The van der Waals surface area contributed by atoms with Gasteiger partial charge in [0.25, 0.3) is 0 Å². The summed E-state index contributed by atoms with van der Waals surface area (Å²) in [6.07, 6.45) is 0. The van der Waals surface area contributed by atoms with E-state index < -0.39 is 0 Å². The maximum Gasteiger partial charge on any atom is 0.217 e. The summed E-state index contributed by atoms with van der Waals surface area (Å²) in [6.45, 7) is 1.56. The lowest BCUT2D eigenvalue weighted by molar-refractivity contribution is -0.119. The Bertz CT molecular complexity index is 759. The first-order valence-corrected chi connectivity index (χ1v) is 7.05. The Balaban J connectivity index is 2.17. The largest absolute Gasteiger partial charge is 0.345 e. The summed E-state index contributed by atoms with van der Waals surface area (Å²) in [5, 5.41) is 5.42. The van der Waals surface area contributed by atoms with Gasteiger partial charge in [0.05, 0.1) is 6.04 Å². The predicted molar refractivity (Wildman–Crippen MR) is 86.0 cm³/mol. The van der Waals surface area contributed by atoms with Gasteiger partial charge in [-0.05, 0) is 21.9 Å². The summed E-state index contributed by atoms with van der Waals surface area (Å²) in [6, 6.07) is 24.4. The molecule has 2 nitrogen and oxygen atoms in total. The Hall–Kier alpha value is -2.61. The van der Waals surface area contributed by atoms with Crippen molar-refractivity contribution >= 4 is 16.7 Å². The van der Waals surface area contributed by atoms with Gasteiger partial charge in [0, 0.05) is 6.92 Å². The van der Waals surface area contributed by atoms with Gasteiger partial charge in [-0.2, -0.15) is 0 Å². The molecule has 1 N–H and O–H groups in total. The Morgan fingerprint density at radius 2 is 1.52 bits per heavy atom. The van der Waals surface area contributed by atoms with Crippen LogP contribution in [0, 0.1) is 0 Å². The van der Waals surface area contributed by atoms with Crippen LogP contribution in [-0.4, -0.2) is 5.91 Å². The second-order valence-corrected chi connectivity index (χ2v) is 5.11. The number of carbonyl (C=O) groups is 1. The number of hydrogen-bond donors (Lipinski definition) is 1. The molecule has 0 heterocycles. The molecule has 0 saturated carbocycles. The lowest BCUT2D eigenvalue weighted by Gasteiger charge is -2.20. The first-order chi connectivity index (χ1) is 10.3.